The Morgan fingerprint density at radius 1 is 1.62 bits per heavy atom. The van der Waals surface area contributed by atoms with Crippen molar-refractivity contribution in [3.8, 4) is 6.07 Å². The molecule has 1 amide bonds. The number of alkyl halides is 1. The SMILES string of the molecule is N#Cc1cc([N+](=O)[O-])ccc1NC(=O)CCl. The van der Waals surface area contributed by atoms with E-state index in [4.69, 9.17) is 16.9 Å². The summed E-state index contributed by atoms with van der Waals surface area (Å²) in [6, 6.07) is 5.34. The molecule has 0 saturated carbocycles. The predicted molar refractivity (Wildman–Crippen MR) is 57.2 cm³/mol. The number of non-ortho nitro benzene ring substituents is 1. The number of nitro benzene ring substituents is 1. The summed E-state index contributed by atoms with van der Waals surface area (Å²) < 4.78 is 0. The topological polar surface area (TPSA) is 96.0 Å². The first kappa shape index (κ1) is 11.9. The normalized spacial score (nSPS) is 9.25. The zero-order valence-corrected chi connectivity index (χ0v) is 8.69. The summed E-state index contributed by atoms with van der Waals surface area (Å²) in [7, 11) is 0. The number of nitrogens with one attached hydrogen (secondary N) is 1. The van der Waals surface area contributed by atoms with Crippen molar-refractivity contribution in [1.82, 2.24) is 0 Å². The Morgan fingerprint density at radius 2 is 2.31 bits per heavy atom. The van der Waals surface area contributed by atoms with Gasteiger partial charge in [0.2, 0.25) is 5.91 Å². The molecule has 1 aromatic carbocycles. The fourth-order valence-electron chi connectivity index (χ4n) is 1.03. The number of amides is 1. The number of carbonyl (C=O) groups is 1. The average molecular weight is 240 g/mol. The van der Waals surface area contributed by atoms with Crippen LogP contribution in [0.3, 0.4) is 0 Å². The number of halogens is 1. The molecule has 0 aromatic heterocycles. The molecule has 1 rings (SSSR count). The minimum atomic E-state index is -0.617. The molecule has 6 nitrogen and oxygen atoms in total. The van der Waals surface area contributed by atoms with E-state index in [0.29, 0.717) is 0 Å². The number of nitriles is 1. The summed E-state index contributed by atoms with van der Waals surface area (Å²) in [4.78, 5) is 20.8. The van der Waals surface area contributed by atoms with E-state index >= 15 is 0 Å². The molecule has 0 bridgehead atoms. The largest absolute Gasteiger partial charge is 0.324 e. The lowest BCUT2D eigenvalue weighted by Gasteiger charge is -2.04. The maximum absolute atomic E-state index is 11.0. The molecule has 0 aliphatic carbocycles. The average Bonchev–Trinajstić information content (AvgIpc) is 2.29. The quantitative estimate of drug-likeness (QED) is 0.493. The number of benzene rings is 1. The van der Waals surface area contributed by atoms with E-state index in [2.05, 4.69) is 5.32 Å². The van der Waals surface area contributed by atoms with E-state index in [0.717, 1.165) is 6.07 Å². The Balaban J connectivity index is 3.08. The van der Waals surface area contributed by atoms with Crippen LogP contribution in [0.2, 0.25) is 0 Å². The Kier molecular flexibility index (Phi) is 3.80. The number of carbonyl (C=O) groups excluding carboxylic acids is 1. The minimum Gasteiger partial charge on any atom is -0.324 e. The number of nitro groups is 1. The van der Waals surface area contributed by atoms with Gasteiger partial charge in [-0.25, -0.2) is 0 Å². The van der Waals surface area contributed by atoms with E-state index in [1.165, 1.54) is 12.1 Å². The maximum Gasteiger partial charge on any atom is 0.270 e. The van der Waals surface area contributed by atoms with Crippen LogP contribution in [0, 0.1) is 21.4 Å². The number of rotatable bonds is 3. The second-order valence-corrected chi connectivity index (χ2v) is 3.05. The molecule has 0 radical (unpaired) electrons. The molecule has 1 aromatic rings. The monoisotopic (exact) mass is 239 g/mol. The molecule has 7 heteroatoms. The van der Waals surface area contributed by atoms with E-state index in [-0.39, 0.29) is 22.8 Å². The molecule has 0 aliphatic rings. The second-order valence-electron chi connectivity index (χ2n) is 2.78. The second kappa shape index (κ2) is 5.09. The highest BCUT2D eigenvalue weighted by atomic mass is 35.5. The number of hydrogen-bond acceptors (Lipinski definition) is 4. The van der Waals surface area contributed by atoms with Gasteiger partial charge in [0.15, 0.2) is 0 Å². The molecule has 1 N–H and O–H groups in total. The third kappa shape index (κ3) is 2.68. The highest BCUT2D eigenvalue weighted by Crippen LogP contribution is 2.21. The molecule has 82 valence electrons. The van der Waals surface area contributed by atoms with E-state index < -0.39 is 10.8 Å². The Labute approximate surface area is 95.6 Å². The fourth-order valence-corrected chi connectivity index (χ4v) is 1.10. The highest BCUT2D eigenvalue weighted by Gasteiger charge is 2.11. The molecule has 0 saturated heterocycles. The molecule has 0 heterocycles. The highest BCUT2D eigenvalue weighted by molar-refractivity contribution is 6.29. The fraction of sp³-hybridized carbons (Fsp3) is 0.111. The Hall–Kier alpha value is -2.13. The van der Waals surface area contributed by atoms with Crippen LogP contribution in [-0.2, 0) is 4.79 Å². The molecule has 0 spiro atoms. The van der Waals surface area contributed by atoms with Crippen molar-refractivity contribution in [1.29, 1.82) is 5.26 Å². The number of nitrogens with zero attached hydrogens (tertiary/aromatic N) is 2. The summed E-state index contributed by atoms with van der Waals surface area (Å²) in [5, 5.41) is 21.6. The van der Waals surface area contributed by atoms with Crippen LogP contribution in [0.1, 0.15) is 5.56 Å². The van der Waals surface area contributed by atoms with Crippen LogP contribution in [0.15, 0.2) is 18.2 Å². The van der Waals surface area contributed by atoms with Gasteiger partial charge in [0, 0.05) is 12.1 Å². The van der Waals surface area contributed by atoms with Gasteiger partial charge in [-0.15, -0.1) is 11.6 Å². The maximum atomic E-state index is 11.0. The van der Waals surface area contributed by atoms with E-state index in [1.807, 2.05) is 0 Å². The first-order chi connectivity index (χ1) is 7.58. The van der Waals surface area contributed by atoms with Crippen LogP contribution < -0.4 is 5.32 Å². The zero-order valence-electron chi connectivity index (χ0n) is 7.94. The van der Waals surface area contributed by atoms with Crippen molar-refractivity contribution in [2.24, 2.45) is 0 Å². The van der Waals surface area contributed by atoms with Gasteiger partial charge in [-0.3, -0.25) is 14.9 Å². The molecule has 0 aliphatic heterocycles. The van der Waals surface area contributed by atoms with Crippen LogP contribution in [-0.4, -0.2) is 16.7 Å². The van der Waals surface area contributed by atoms with Gasteiger partial charge < -0.3 is 5.32 Å². The van der Waals surface area contributed by atoms with Gasteiger partial charge in [-0.2, -0.15) is 5.26 Å². The van der Waals surface area contributed by atoms with Crippen LogP contribution in [0.4, 0.5) is 11.4 Å². The van der Waals surface area contributed by atoms with Gasteiger partial charge in [0.05, 0.1) is 16.2 Å². The van der Waals surface area contributed by atoms with Crippen molar-refractivity contribution < 1.29 is 9.72 Å². The van der Waals surface area contributed by atoms with Crippen molar-refractivity contribution in [3.05, 3.63) is 33.9 Å². The lowest BCUT2D eigenvalue weighted by atomic mass is 10.1. The van der Waals surface area contributed by atoms with Gasteiger partial charge in [-0.05, 0) is 6.07 Å². The summed E-state index contributed by atoms with van der Waals surface area (Å²) in [6.45, 7) is 0. The van der Waals surface area contributed by atoms with Crippen molar-refractivity contribution in [3.63, 3.8) is 0 Å². The lowest BCUT2D eigenvalue weighted by molar-refractivity contribution is -0.384. The van der Waals surface area contributed by atoms with Gasteiger partial charge in [0.25, 0.3) is 5.69 Å². The lowest BCUT2D eigenvalue weighted by Crippen LogP contribution is -2.13. The summed E-state index contributed by atoms with van der Waals surface area (Å²) in [6.07, 6.45) is 0. The van der Waals surface area contributed by atoms with Crippen LogP contribution in [0.25, 0.3) is 0 Å². The summed E-state index contributed by atoms with van der Waals surface area (Å²) in [5.41, 5.74) is 0.0202. The van der Waals surface area contributed by atoms with Gasteiger partial charge in [0.1, 0.15) is 11.9 Å². The Morgan fingerprint density at radius 3 is 2.81 bits per heavy atom. The van der Waals surface area contributed by atoms with Crippen molar-refractivity contribution in [2.45, 2.75) is 0 Å². The molecule has 0 unspecified atom stereocenters. The third-order valence-electron chi connectivity index (χ3n) is 1.73. The molecule has 16 heavy (non-hydrogen) atoms. The number of hydrogen-bond donors (Lipinski definition) is 1. The molecule has 0 atom stereocenters. The first-order valence-corrected chi connectivity index (χ1v) is 4.66. The standard InChI is InChI=1S/C9H6ClN3O3/c10-4-9(14)12-8-2-1-7(13(15)16)3-6(8)5-11/h1-3H,4H2,(H,12,14). The van der Waals surface area contributed by atoms with Crippen molar-refractivity contribution in [2.75, 3.05) is 11.2 Å². The summed E-state index contributed by atoms with van der Waals surface area (Å²) >= 11 is 5.28. The first-order valence-electron chi connectivity index (χ1n) is 4.13. The smallest absolute Gasteiger partial charge is 0.270 e. The van der Waals surface area contributed by atoms with Crippen LogP contribution >= 0.6 is 11.6 Å². The Bertz CT molecular complexity index is 481. The molecule has 0 fully saturated rings. The van der Waals surface area contributed by atoms with E-state index in [9.17, 15) is 14.9 Å². The predicted octanol–water partition coefficient (Wildman–Crippen LogP) is 1.64. The van der Waals surface area contributed by atoms with Gasteiger partial charge >= 0.3 is 0 Å². The summed E-state index contributed by atoms with van der Waals surface area (Å²) in [5.74, 6) is -0.728. The van der Waals surface area contributed by atoms with Gasteiger partial charge in [-0.1, -0.05) is 0 Å². The molecular weight excluding hydrogens is 234 g/mol. The zero-order chi connectivity index (χ0) is 12.1. The van der Waals surface area contributed by atoms with Crippen molar-refractivity contribution >= 4 is 28.9 Å². The van der Waals surface area contributed by atoms with E-state index in [1.54, 1.807) is 6.07 Å². The minimum absolute atomic E-state index is 0.0210. The molecular formula is C9H6ClN3O3. The number of anilines is 1. The third-order valence-corrected chi connectivity index (χ3v) is 1.97. The van der Waals surface area contributed by atoms with Crippen LogP contribution in [0.5, 0.6) is 0 Å².